The van der Waals surface area contributed by atoms with E-state index >= 15 is 0 Å². The van der Waals surface area contributed by atoms with Gasteiger partial charge >= 0.3 is 11.9 Å². The molecule has 0 aliphatic carbocycles. The lowest BCUT2D eigenvalue weighted by Gasteiger charge is -2.24. The van der Waals surface area contributed by atoms with Crippen molar-refractivity contribution in [3.8, 4) is 0 Å². The molecule has 0 heterocycles. The van der Waals surface area contributed by atoms with Crippen LogP contribution >= 0.6 is 0 Å². The summed E-state index contributed by atoms with van der Waals surface area (Å²) in [5.74, 6) is -2.85. The molecule has 0 aliphatic heterocycles. The van der Waals surface area contributed by atoms with Crippen LogP contribution in [0.15, 0.2) is 0 Å². The lowest BCUT2D eigenvalue weighted by atomic mass is 9.88. The number of aliphatic hydroxyl groups excluding tert-OH is 4. The number of hydrogen-bond acceptors (Lipinski definition) is 6. The van der Waals surface area contributed by atoms with E-state index in [1.807, 2.05) is 6.92 Å². The molecular weight excluding hydrogens is 248 g/mol. The molecular formula is C10H20O8. The molecule has 0 bridgehead atoms. The molecule has 0 saturated heterocycles. The molecule has 0 saturated carbocycles. The highest BCUT2D eigenvalue weighted by Crippen LogP contribution is 2.18. The first-order chi connectivity index (χ1) is 8.28. The Hall–Kier alpha value is -1.22. The summed E-state index contributed by atoms with van der Waals surface area (Å²) in [6.45, 7) is 1.35. The Labute approximate surface area is 104 Å². The fourth-order valence-electron chi connectivity index (χ4n) is 0.738. The van der Waals surface area contributed by atoms with Gasteiger partial charge in [-0.1, -0.05) is 6.92 Å². The second-order valence-electron chi connectivity index (χ2n) is 3.78. The van der Waals surface area contributed by atoms with E-state index in [4.69, 9.17) is 30.6 Å². The fraction of sp³-hybridized carbons (Fsp3) is 0.800. The molecule has 1 unspecified atom stereocenters. The van der Waals surface area contributed by atoms with Crippen LogP contribution in [0.4, 0.5) is 0 Å². The lowest BCUT2D eigenvalue weighted by molar-refractivity contribution is -0.152. The second-order valence-corrected chi connectivity index (χ2v) is 3.78. The van der Waals surface area contributed by atoms with Crippen molar-refractivity contribution in [3.63, 3.8) is 0 Å². The van der Waals surface area contributed by atoms with Gasteiger partial charge in [0.15, 0.2) is 6.10 Å². The molecule has 0 aromatic heterocycles. The van der Waals surface area contributed by atoms with Gasteiger partial charge in [0, 0.05) is 5.41 Å². The molecule has 8 heteroatoms. The monoisotopic (exact) mass is 268 g/mol. The predicted octanol–water partition coefficient (Wildman–Crippen LogP) is -1.73. The minimum atomic E-state index is -1.79. The minimum absolute atomic E-state index is 0.156. The van der Waals surface area contributed by atoms with Crippen molar-refractivity contribution in [1.82, 2.24) is 0 Å². The Balaban J connectivity index is 0. The largest absolute Gasteiger partial charge is 0.481 e. The van der Waals surface area contributed by atoms with Crippen LogP contribution in [0, 0.1) is 5.41 Å². The van der Waals surface area contributed by atoms with Crippen LogP contribution in [0.2, 0.25) is 0 Å². The van der Waals surface area contributed by atoms with Crippen molar-refractivity contribution in [1.29, 1.82) is 0 Å². The molecule has 0 rings (SSSR count). The summed E-state index contributed by atoms with van der Waals surface area (Å²) in [5, 5.41) is 50.1. The fourth-order valence-corrected chi connectivity index (χ4v) is 0.738. The van der Waals surface area contributed by atoms with E-state index in [0.29, 0.717) is 6.42 Å². The van der Waals surface area contributed by atoms with E-state index in [1.54, 1.807) is 0 Å². The highest BCUT2D eigenvalue weighted by molar-refractivity contribution is 5.79. The number of carboxylic acids is 2. The predicted molar refractivity (Wildman–Crippen MR) is 59.9 cm³/mol. The van der Waals surface area contributed by atoms with Crippen molar-refractivity contribution >= 4 is 11.9 Å². The van der Waals surface area contributed by atoms with Crippen LogP contribution in [-0.4, -0.2) is 68.5 Å². The number of hydrogen-bond donors (Lipinski definition) is 6. The Bertz CT molecular complexity index is 231. The van der Waals surface area contributed by atoms with Crippen LogP contribution in [0.1, 0.15) is 19.8 Å². The van der Waals surface area contributed by atoms with Gasteiger partial charge in [-0.05, 0) is 6.42 Å². The van der Waals surface area contributed by atoms with Crippen molar-refractivity contribution in [2.24, 2.45) is 5.41 Å². The first-order valence-electron chi connectivity index (χ1n) is 5.23. The molecule has 0 aromatic carbocycles. The van der Waals surface area contributed by atoms with E-state index in [1.165, 1.54) is 0 Å². The third-order valence-corrected chi connectivity index (χ3v) is 2.41. The summed E-state index contributed by atoms with van der Waals surface area (Å²) in [7, 11) is 0. The third kappa shape index (κ3) is 7.96. The van der Waals surface area contributed by atoms with Gasteiger partial charge in [0.25, 0.3) is 0 Å². The van der Waals surface area contributed by atoms with Crippen molar-refractivity contribution < 1.29 is 40.2 Å². The first-order valence-corrected chi connectivity index (χ1v) is 5.23. The minimum Gasteiger partial charge on any atom is -0.481 e. The molecule has 108 valence electrons. The summed E-state index contributed by atoms with van der Waals surface area (Å²) < 4.78 is 0. The van der Waals surface area contributed by atoms with Gasteiger partial charge in [-0.3, -0.25) is 4.79 Å². The molecule has 18 heavy (non-hydrogen) atoms. The van der Waals surface area contributed by atoms with E-state index in [0.717, 1.165) is 0 Å². The van der Waals surface area contributed by atoms with Crippen molar-refractivity contribution in [2.45, 2.75) is 25.9 Å². The van der Waals surface area contributed by atoms with Crippen LogP contribution in [0.5, 0.6) is 0 Å². The first kappa shape index (κ1) is 19.1. The van der Waals surface area contributed by atoms with Crippen LogP contribution < -0.4 is 0 Å². The summed E-state index contributed by atoms with van der Waals surface area (Å²) >= 11 is 0. The van der Waals surface area contributed by atoms with Gasteiger partial charge in [-0.2, -0.15) is 0 Å². The molecule has 0 aromatic rings. The lowest BCUT2D eigenvalue weighted by Crippen LogP contribution is -2.32. The summed E-state index contributed by atoms with van der Waals surface area (Å²) in [6, 6.07) is 0. The van der Waals surface area contributed by atoms with Gasteiger partial charge < -0.3 is 30.6 Å². The van der Waals surface area contributed by atoms with Gasteiger partial charge in [0.2, 0.25) is 0 Å². The SMILES string of the molecule is CCC(CO)(CO)CO.O=C(O)CC(O)C(=O)O. The van der Waals surface area contributed by atoms with Crippen LogP contribution in [0.3, 0.4) is 0 Å². The maximum atomic E-state index is 9.72. The normalized spacial score (nSPS) is 12.3. The summed E-state index contributed by atoms with van der Waals surface area (Å²) in [6.07, 6.45) is -1.95. The molecule has 6 N–H and O–H groups in total. The van der Waals surface area contributed by atoms with Gasteiger partial charge in [0.1, 0.15) is 0 Å². The molecule has 0 spiro atoms. The molecule has 8 nitrogen and oxygen atoms in total. The number of carbonyl (C=O) groups is 2. The Morgan fingerprint density at radius 3 is 1.50 bits per heavy atom. The number of aliphatic carboxylic acids is 2. The molecule has 0 fully saturated rings. The molecule has 0 amide bonds. The van der Waals surface area contributed by atoms with Gasteiger partial charge in [0.05, 0.1) is 26.2 Å². The van der Waals surface area contributed by atoms with Crippen molar-refractivity contribution in [3.05, 3.63) is 0 Å². The van der Waals surface area contributed by atoms with E-state index in [9.17, 15) is 9.59 Å². The zero-order chi connectivity index (χ0) is 14.8. The highest BCUT2D eigenvalue weighted by atomic mass is 16.4. The van der Waals surface area contributed by atoms with E-state index in [2.05, 4.69) is 0 Å². The van der Waals surface area contributed by atoms with Crippen LogP contribution in [0.25, 0.3) is 0 Å². The standard InChI is InChI=1S/C6H14O3.C4H6O5/c1-2-6(3-7,4-8)5-9;5-2(4(8)9)1-3(6)7/h7-9H,2-5H2,1H3;2,5H,1H2,(H,6,7)(H,8,9). The van der Waals surface area contributed by atoms with Gasteiger partial charge in [-0.25, -0.2) is 4.79 Å². The smallest absolute Gasteiger partial charge is 0.333 e. The maximum absolute atomic E-state index is 9.72. The molecule has 0 radical (unpaired) electrons. The number of aliphatic hydroxyl groups is 4. The zero-order valence-electron chi connectivity index (χ0n) is 10.1. The Kier molecular flexibility index (Phi) is 10.4. The topological polar surface area (TPSA) is 156 Å². The van der Waals surface area contributed by atoms with Crippen LogP contribution in [-0.2, 0) is 9.59 Å². The van der Waals surface area contributed by atoms with E-state index < -0.39 is 29.9 Å². The Morgan fingerprint density at radius 1 is 1.06 bits per heavy atom. The number of rotatable bonds is 7. The summed E-state index contributed by atoms with van der Waals surface area (Å²) in [5.41, 5.74) is -0.667. The number of carboxylic acid groups (broad SMARTS) is 2. The molecule has 0 aliphatic rings. The zero-order valence-corrected chi connectivity index (χ0v) is 10.1. The second kappa shape index (κ2) is 9.77. The summed E-state index contributed by atoms with van der Waals surface area (Å²) in [4.78, 5) is 19.4. The van der Waals surface area contributed by atoms with Crippen molar-refractivity contribution in [2.75, 3.05) is 19.8 Å². The average molecular weight is 268 g/mol. The van der Waals surface area contributed by atoms with Gasteiger partial charge in [-0.15, -0.1) is 0 Å². The maximum Gasteiger partial charge on any atom is 0.333 e. The average Bonchev–Trinajstić information content (AvgIpc) is 2.32. The highest BCUT2D eigenvalue weighted by Gasteiger charge is 2.24. The Morgan fingerprint density at radius 2 is 1.44 bits per heavy atom. The third-order valence-electron chi connectivity index (χ3n) is 2.41. The quantitative estimate of drug-likeness (QED) is 0.318. The van der Waals surface area contributed by atoms with E-state index in [-0.39, 0.29) is 19.8 Å². The molecule has 1 atom stereocenters.